The zero-order valence-electron chi connectivity index (χ0n) is 11.4. The van der Waals surface area contributed by atoms with E-state index < -0.39 is 0 Å². The van der Waals surface area contributed by atoms with Gasteiger partial charge in [0.1, 0.15) is 11.6 Å². The van der Waals surface area contributed by atoms with Crippen LogP contribution in [0.5, 0.6) is 0 Å². The van der Waals surface area contributed by atoms with E-state index in [0.29, 0.717) is 19.8 Å². The summed E-state index contributed by atoms with van der Waals surface area (Å²) in [5, 5.41) is 11.8. The summed E-state index contributed by atoms with van der Waals surface area (Å²) >= 11 is 3.35. The van der Waals surface area contributed by atoms with Gasteiger partial charge in [-0.15, -0.1) is 0 Å². The van der Waals surface area contributed by atoms with Gasteiger partial charge < -0.3 is 10.1 Å². The van der Waals surface area contributed by atoms with Gasteiger partial charge in [0.2, 0.25) is 0 Å². The van der Waals surface area contributed by atoms with E-state index in [1.54, 1.807) is 6.08 Å². The van der Waals surface area contributed by atoms with Crippen LogP contribution < -0.4 is 5.32 Å². The first kappa shape index (κ1) is 16.4. The summed E-state index contributed by atoms with van der Waals surface area (Å²) in [6.07, 6.45) is 2.30. The molecule has 1 amide bonds. The Bertz CT molecular complexity index is 521. The Hall–Kier alpha value is -1.64. The van der Waals surface area contributed by atoms with Crippen molar-refractivity contribution < 1.29 is 9.53 Å². The van der Waals surface area contributed by atoms with Crippen LogP contribution in [0, 0.1) is 11.3 Å². The lowest BCUT2D eigenvalue weighted by molar-refractivity contribution is -0.117. The molecule has 1 rings (SSSR count). The first-order valence-corrected chi connectivity index (χ1v) is 7.20. The maximum atomic E-state index is 11.8. The molecule has 4 nitrogen and oxygen atoms in total. The maximum Gasteiger partial charge on any atom is 0.261 e. The van der Waals surface area contributed by atoms with Crippen LogP contribution in [0.15, 0.2) is 34.3 Å². The number of ether oxygens (including phenoxy) is 1. The van der Waals surface area contributed by atoms with Crippen molar-refractivity contribution in [2.45, 2.75) is 13.3 Å². The highest BCUT2D eigenvalue weighted by atomic mass is 79.9. The minimum atomic E-state index is -0.357. The summed E-state index contributed by atoms with van der Waals surface area (Å²) in [7, 11) is 0. The van der Waals surface area contributed by atoms with Gasteiger partial charge >= 0.3 is 0 Å². The number of carbonyl (C=O) groups excluding carboxylic acids is 1. The van der Waals surface area contributed by atoms with Crippen LogP contribution in [0.3, 0.4) is 0 Å². The Labute approximate surface area is 127 Å². The lowest BCUT2D eigenvalue weighted by Crippen LogP contribution is -2.26. The molecule has 1 aromatic rings. The Kier molecular flexibility index (Phi) is 7.63. The molecule has 0 spiro atoms. The Balaban J connectivity index is 2.57. The molecule has 0 aliphatic heterocycles. The second-order valence-electron chi connectivity index (χ2n) is 4.03. The molecule has 0 atom stereocenters. The van der Waals surface area contributed by atoms with Crippen molar-refractivity contribution in [3.05, 3.63) is 39.9 Å². The van der Waals surface area contributed by atoms with Crippen molar-refractivity contribution in [1.82, 2.24) is 5.32 Å². The summed E-state index contributed by atoms with van der Waals surface area (Å²) < 4.78 is 6.08. The van der Waals surface area contributed by atoms with Gasteiger partial charge in [-0.1, -0.05) is 28.1 Å². The number of hydrogen-bond acceptors (Lipinski definition) is 3. The van der Waals surface area contributed by atoms with Gasteiger partial charge in [-0.3, -0.25) is 4.79 Å². The fourth-order valence-corrected chi connectivity index (χ4v) is 1.94. The molecule has 20 heavy (non-hydrogen) atoms. The lowest BCUT2D eigenvalue weighted by atomic mass is 10.1. The number of nitrogens with zero attached hydrogens (tertiary/aromatic N) is 1. The second-order valence-corrected chi connectivity index (χ2v) is 4.95. The zero-order chi connectivity index (χ0) is 14.8. The maximum absolute atomic E-state index is 11.8. The predicted octanol–water partition coefficient (Wildman–Crippen LogP) is 2.90. The van der Waals surface area contributed by atoms with E-state index >= 15 is 0 Å². The Morgan fingerprint density at radius 1 is 1.55 bits per heavy atom. The molecule has 106 valence electrons. The molecule has 5 heteroatoms. The van der Waals surface area contributed by atoms with Crippen molar-refractivity contribution in [2.75, 3.05) is 19.8 Å². The Morgan fingerprint density at radius 3 is 3.00 bits per heavy atom. The minimum absolute atomic E-state index is 0.0968. The Morgan fingerprint density at radius 2 is 2.35 bits per heavy atom. The normalized spacial score (nSPS) is 10.9. The molecule has 0 aromatic heterocycles. The van der Waals surface area contributed by atoms with Gasteiger partial charge in [0.25, 0.3) is 5.91 Å². The van der Waals surface area contributed by atoms with E-state index in [-0.39, 0.29) is 11.5 Å². The number of benzene rings is 1. The zero-order valence-corrected chi connectivity index (χ0v) is 12.9. The number of amides is 1. The van der Waals surface area contributed by atoms with Crippen molar-refractivity contribution in [1.29, 1.82) is 5.26 Å². The van der Waals surface area contributed by atoms with E-state index in [2.05, 4.69) is 21.2 Å². The lowest BCUT2D eigenvalue weighted by Gasteiger charge is -2.04. The van der Waals surface area contributed by atoms with Crippen molar-refractivity contribution in [3.63, 3.8) is 0 Å². The average Bonchev–Trinajstić information content (AvgIpc) is 2.44. The third kappa shape index (κ3) is 6.00. The molecule has 0 radical (unpaired) electrons. The van der Waals surface area contributed by atoms with E-state index in [1.165, 1.54) is 0 Å². The first-order chi connectivity index (χ1) is 9.67. The monoisotopic (exact) mass is 336 g/mol. The highest BCUT2D eigenvalue weighted by Gasteiger charge is 2.08. The molecule has 1 N–H and O–H groups in total. The molecular weight excluding hydrogens is 320 g/mol. The number of carbonyl (C=O) groups is 1. The van der Waals surface area contributed by atoms with Crippen LogP contribution in [0.4, 0.5) is 0 Å². The van der Waals surface area contributed by atoms with Gasteiger partial charge in [0.05, 0.1) is 0 Å². The fourth-order valence-electron chi connectivity index (χ4n) is 1.53. The summed E-state index contributed by atoms with van der Waals surface area (Å²) in [4.78, 5) is 11.8. The van der Waals surface area contributed by atoms with Crippen LogP contribution in [-0.2, 0) is 9.53 Å². The van der Waals surface area contributed by atoms with Crippen molar-refractivity contribution in [2.24, 2.45) is 0 Å². The van der Waals surface area contributed by atoms with Gasteiger partial charge in [0, 0.05) is 24.2 Å². The van der Waals surface area contributed by atoms with Gasteiger partial charge in [-0.25, -0.2) is 0 Å². The molecule has 0 unspecified atom stereocenters. The summed E-state index contributed by atoms with van der Waals surface area (Å²) in [5.74, 6) is -0.357. The third-order valence-corrected chi connectivity index (χ3v) is 2.97. The van der Waals surface area contributed by atoms with E-state index in [1.807, 2.05) is 37.3 Å². The highest BCUT2D eigenvalue weighted by molar-refractivity contribution is 9.10. The van der Waals surface area contributed by atoms with Crippen molar-refractivity contribution >= 4 is 27.9 Å². The number of nitrogens with one attached hydrogen (secondary N) is 1. The average molecular weight is 337 g/mol. The SMILES string of the molecule is CCOCCCNC(=O)/C(C#N)=C/c1cccc(Br)c1. The molecule has 0 heterocycles. The smallest absolute Gasteiger partial charge is 0.261 e. The molecule has 0 saturated carbocycles. The van der Waals surface area contributed by atoms with Gasteiger partial charge in [-0.2, -0.15) is 5.26 Å². The fraction of sp³-hybridized carbons (Fsp3) is 0.333. The van der Waals surface area contributed by atoms with E-state index in [0.717, 1.165) is 16.5 Å². The van der Waals surface area contributed by atoms with Crippen LogP contribution in [-0.4, -0.2) is 25.7 Å². The summed E-state index contributed by atoms with van der Waals surface area (Å²) in [5.41, 5.74) is 0.903. The van der Waals surface area contributed by atoms with Gasteiger partial charge in [-0.05, 0) is 37.1 Å². The predicted molar refractivity (Wildman–Crippen MR) is 81.9 cm³/mol. The molecule has 0 aliphatic rings. The van der Waals surface area contributed by atoms with Crippen LogP contribution >= 0.6 is 15.9 Å². The molecule has 0 fully saturated rings. The molecule has 0 saturated heterocycles. The van der Waals surface area contributed by atoms with E-state index in [9.17, 15) is 4.79 Å². The minimum Gasteiger partial charge on any atom is -0.382 e. The number of halogens is 1. The number of nitriles is 1. The third-order valence-electron chi connectivity index (χ3n) is 2.48. The first-order valence-electron chi connectivity index (χ1n) is 6.40. The quantitative estimate of drug-likeness (QED) is 0.473. The molecule has 0 aliphatic carbocycles. The largest absolute Gasteiger partial charge is 0.382 e. The van der Waals surface area contributed by atoms with Crippen LogP contribution in [0.25, 0.3) is 6.08 Å². The second kappa shape index (κ2) is 9.29. The van der Waals surface area contributed by atoms with Crippen molar-refractivity contribution in [3.8, 4) is 6.07 Å². The summed E-state index contributed by atoms with van der Waals surface area (Å²) in [6.45, 7) is 3.69. The number of rotatable bonds is 7. The highest BCUT2D eigenvalue weighted by Crippen LogP contribution is 2.14. The molecular formula is C15H17BrN2O2. The molecule has 1 aromatic carbocycles. The van der Waals surface area contributed by atoms with Crippen LogP contribution in [0.1, 0.15) is 18.9 Å². The summed E-state index contributed by atoms with van der Waals surface area (Å²) in [6, 6.07) is 9.35. The van der Waals surface area contributed by atoms with E-state index in [4.69, 9.17) is 10.00 Å². The topological polar surface area (TPSA) is 62.1 Å². The number of hydrogen-bond donors (Lipinski definition) is 1. The molecule has 0 bridgehead atoms. The van der Waals surface area contributed by atoms with Crippen LogP contribution in [0.2, 0.25) is 0 Å². The standard InChI is InChI=1S/C15H17BrN2O2/c1-2-20-8-4-7-18-15(19)13(11-17)9-12-5-3-6-14(16)10-12/h3,5-6,9-10H,2,4,7-8H2,1H3,(H,18,19)/b13-9+. The van der Waals surface area contributed by atoms with Gasteiger partial charge in [0.15, 0.2) is 0 Å².